The first-order valence-electron chi connectivity index (χ1n) is 5.73. The molecule has 0 saturated heterocycles. The zero-order valence-corrected chi connectivity index (χ0v) is 10.3. The van der Waals surface area contributed by atoms with Gasteiger partial charge in [-0.15, -0.1) is 0 Å². The van der Waals surface area contributed by atoms with Crippen molar-refractivity contribution in [2.45, 2.75) is 13.3 Å². The quantitative estimate of drug-likeness (QED) is 0.644. The Morgan fingerprint density at radius 3 is 2.79 bits per heavy atom. The van der Waals surface area contributed by atoms with Crippen molar-refractivity contribution in [3.63, 3.8) is 0 Å². The monoisotopic (exact) mass is 259 g/mol. The SMILES string of the molecule is CCc1ccccc1Nc1ncnc(N)c1[N+](=O)[O-]. The number of nitrogens with two attached hydrogens (primary N) is 1. The van der Waals surface area contributed by atoms with E-state index in [1.54, 1.807) is 0 Å². The molecular weight excluding hydrogens is 246 g/mol. The summed E-state index contributed by atoms with van der Waals surface area (Å²) in [7, 11) is 0. The van der Waals surface area contributed by atoms with Gasteiger partial charge in [0.2, 0.25) is 11.6 Å². The lowest BCUT2D eigenvalue weighted by Gasteiger charge is -2.10. The van der Waals surface area contributed by atoms with Crippen LogP contribution in [0.15, 0.2) is 30.6 Å². The van der Waals surface area contributed by atoms with Gasteiger partial charge in [-0.1, -0.05) is 25.1 Å². The molecule has 2 rings (SSSR count). The van der Waals surface area contributed by atoms with E-state index in [1.807, 2.05) is 31.2 Å². The van der Waals surface area contributed by atoms with E-state index < -0.39 is 4.92 Å². The van der Waals surface area contributed by atoms with E-state index in [1.165, 1.54) is 6.33 Å². The van der Waals surface area contributed by atoms with Crippen LogP contribution in [0.2, 0.25) is 0 Å². The minimum absolute atomic E-state index is 0.0957. The summed E-state index contributed by atoms with van der Waals surface area (Å²) in [6.45, 7) is 2.00. The Hall–Kier alpha value is -2.70. The summed E-state index contributed by atoms with van der Waals surface area (Å²) in [6, 6.07) is 7.53. The van der Waals surface area contributed by atoms with Gasteiger partial charge in [-0.3, -0.25) is 10.1 Å². The predicted octanol–water partition coefficient (Wildman–Crippen LogP) is 2.27. The molecule has 0 saturated carbocycles. The molecule has 1 aromatic carbocycles. The molecule has 98 valence electrons. The molecule has 1 heterocycles. The minimum Gasteiger partial charge on any atom is -0.378 e. The number of anilines is 3. The summed E-state index contributed by atoms with van der Waals surface area (Å²) in [5.74, 6) is -0.0603. The van der Waals surface area contributed by atoms with Crippen molar-refractivity contribution in [1.82, 2.24) is 9.97 Å². The van der Waals surface area contributed by atoms with Crippen molar-refractivity contribution in [2.24, 2.45) is 0 Å². The zero-order valence-electron chi connectivity index (χ0n) is 10.3. The van der Waals surface area contributed by atoms with Gasteiger partial charge >= 0.3 is 5.69 Å². The van der Waals surface area contributed by atoms with E-state index in [9.17, 15) is 10.1 Å². The van der Waals surface area contributed by atoms with Crippen LogP contribution in [0.4, 0.5) is 23.0 Å². The first-order valence-corrected chi connectivity index (χ1v) is 5.73. The molecule has 0 atom stereocenters. The number of hydrogen-bond acceptors (Lipinski definition) is 6. The summed E-state index contributed by atoms with van der Waals surface area (Å²) in [6.07, 6.45) is 2.00. The molecule has 0 aliphatic heterocycles. The van der Waals surface area contributed by atoms with Crippen LogP contribution in [0.1, 0.15) is 12.5 Å². The van der Waals surface area contributed by atoms with Crippen LogP contribution in [0.25, 0.3) is 0 Å². The number of aryl methyl sites for hydroxylation is 1. The van der Waals surface area contributed by atoms with Gasteiger partial charge in [0.15, 0.2) is 0 Å². The standard InChI is InChI=1S/C12H13N5O2/c1-2-8-5-3-4-6-9(8)16-12-10(17(18)19)11(13)14-7-15-12/h3-7H,2H2,1H3,(H3,13,14,15,16). The molecule has 7 nitrogen and oxygen atoms in total. The Bertz CT molecular complexity index is 615. The van der Waals surface area contributed by atoms with E-state index >= 15 is 0 Å². The molecule has 1 aromatic heterocycles. The number of nitro groups is 1. The number of benzene rings is 1. The molecule has 0 bridgehead atoms. The fraction of sp³-hybridized carbons (Fsp3) is 0.167. The lowest BCUT2D eigenvalue weighted by molar-refractivity contribution is -0.383. The van der Waals surface area contributed by atoms with E-state index in [2.05, 4.69) is 15.3 Å². The van der Waals surface area contributed by atoms with Crippen molar-refractivity contribution < 1.29 is 4.92 Å². The van der Waals surface area contributed by atoms with E-state index in [4.69, 9.17) is 5.73 Å². The van der Waals surface area contributed by atoms with Crippen LogP contribution in [0, 0.1) is 10.1 Å². The number of hydrogen-bond donors (Lipinski definition) is 2. The Kier molecular flexibility index (Phi) is 3.56. The number of aromatic nitrogens is 2. The van der Waals surface area contributed by atoms with E-state index in [-0.39, 0.29) is 17.3 Å². The summed E-state index contributed by atoms with van der Waals surface area (Å²) in [5.41, 5.74) is 7.01. The lowest BCUT2D eigenvalue weighted by atomic mass is 10.1. The molecule has 0 fully saturated rings. The van der Waals surface area contributed by atoms with Crippen molar-refractivity contribution in [2.75, 3.05) is 11.1 Å². The Morgan fingerprint density at radius 2 is 2.11 bits per heavy atom. The van der Waals surface area contributed by atoms with Gasteiger partial charge in [0.1, 0.15) is 6.33 Å². The topological polar surface area (TPSA) is 107 Å². The molecule has 0 amide bonds. The molecule has 19 heavy (non-hydrogen) atoms. The number of nitrogens with one attached hydrogen (secondary N) is 1. The first kappa shape index (κ1) is 12.7. The molecule has 0 spiro atoms. The first-order chi connectivity index (χ1) is 9.13. The third-order valence-electron chi connectivity index (χ3n) is 2.68. The molecule has 3 N–H and O–H groups in total. The Balaban J connectivity index is 2.44. The van der Waals surface area contributed by atoms with E-state index in [0.717, 1.165) is 17.7 Å². The molecule has 0 unspecified atom stereocenters. The maximum absolute atomic E-state index is 11.0. The van der Waals surface area contributed by atoms with Gasteiger partial charge < -0.3 is 11.1 Å². The van der Waals surface area contributed by atoms with Gasteiger partial charge in [0, 0.05) is 5.69 Å². The number of nitrogen functional groups attached to an aromatic ring is 1. The molecular formula is C12H13N5O2. The molecule has 2 aromatic rings. The fourth-order valence-electron chi connectivity index (χ4n) is 1.74. The van der Waals surface area contributed by atoms with E-state index in [0.29, 0.717) is 0 Å². The highest BCUT2D eigenvalue weighted by atomic mass is 16.6. The van der Waals surface area contributed by atoms with Crippen LogP contribution in [0.3, 0.4) is 0 Å². The molecule has 7 heteroatoms. The highest BCUT2D eigenvalue weighted by Crippen LogP contribution is 2.30. The smallest absolute Gasteiger partial charge is 0.353 e. The maximum Gasteiger partial charge on any atom is 0.353 e. The lowest BCUT2D eigenvalue weighted by Crippen LogP contribution is -2.05. The molecule has 0 aliphatic carbocycles. The average Bonchev–Trinajstić information content (AvgIpc) is 2.39. The van der Waals surface area contributed by atoms with Crippen LogP contribution in [-0.4, -0.2) is 14.9 Å². The number of nitrogens with zero attached hydrogens (tertiary/aromatic N) is 3. The molecule has 0 aliphatic rings. The Labute approximate surface area is 109 Å². The van der Waals surface area contributed by atoms with Crippen molar-refractivity contribution in [1.29, 1.82) is 0 Å². The number of para-hydroxylation sites is 1. The van der Waals surface area contributed by atoms with Crippen LogP contribution in [0.5, 0.6) is 0 Å². The van der Waals surface area contributed by atoms with Gasteiger partial charge in [-0.25, -0.2) is 9.97 Å². The van der Waals surface area contributed by atoms with Gasteiger partial charge in [0.25, 0.3) is 0 Å². The van der Waals surface area contributed by atoms with Crippen LogP contribution >= 0.6 is 0 Å². The van der Waals surface area contributed by atoms with Gasteiger partial charge in [-0.05, 0) is 18.1 Å². The summed E-state index contributed by atoms with van der Waals surface area (Å²) in [5, 5.41) is 13.9. The average molecular weight is 259 g/mol. The second-order valence-corrected chi connectivity index (χ2v) is 3.85. The summed E-state index contributed by atoms with van der Waals surface area (Å²) < 4.78 is 0. The summed E-state index contributed by atoms with van der Waals surface area (Å²) in [4.78, 5) is 17.9. The highest BCUT2D eigenvalue weighted by Gasteiger charge is 2.21. The van der Waals surface area contributed by atoms with Crippen molar-refractivity contribution >= 4 is 23.0 Å². The van der Waals surface area contributed by atoms with Gasteiger partial charge in [-0.2, -0.15) is 0 Å². The maximum atomic E-state index is 11.0. The highest BCUT2D eigenvalue weighted by molar-refractivity contribution is 5.73. The van der Waals surface area contributed by atoms with Crippen LogP contribution < -0.4 is 11.1 Å². The second-order valence-electron chi connectivity index (χ2n) is 3.85. The number of rotatable bonds is 4. The normalized spacial score (nSPS) is 10.2. The van der Waals surface area contributed by atoms with Crippen molar-refractivity contribution in [3.8, 4) is 0 Å². The second kappa shape index (κ2) is 5.30. The summed E-state index contributed by atoms with van der Waals surface area (Å²) >= 11 is 0. The van der Waals surface area contributed by atoms with Crippen molar-refractivity contribution in [3.05, 3.63) is 46.3 Å². The fourth-order valence-corrected chi connectivity index (χ4v) is 1.74. The Morgan fingerprint density at radius 1 is 1.37 bits per heavy atom. The van der Waals surface area contributed by atoms with Gasteiger partial charge in [0.05, 0.1) is 4.92 Å². The zero-order chi connectivity index (χ0) is 13.8. The third-order valence-corrected chi connectivity index (χ3v) is 2.68. The largest absolute Gasteiger partial charge is 0.378 e. The molecule has 0 radical (unpaired) electrons. The predicted molar refractivity (Wildman–Crippen MR) is 72.2 cm³/mol. The van der Waals surface area contributed by atoms with Crippen LogP contribution in [-0.2, 0) is 6.42 Å². The minimum atomic E-state index is -0.591. The third kappa shape index (κ3) is 2.59.